The Kier molecular flexibility index (Phi) is 1.51. The van der Waals surface area contributed by atoms with E-state index >= 15 is 0 Å². The first kappa shape index (κ1) is 7.72. The second-order valence-corrected chi connectivity index (χ2v) is 2.58. The summed E-state index contributed by atoms with van der Waals surface area (Å²) in [5.41, 5.74) is 6.06. The van der Waals surface area contributed by atoms with Crippen molar-refractivity contribution < 1.29 is 9.50 Å². The highest BCUT2D eigenvalue weighted by molar-refractivity contribution is 5.78. The van der Waals surface area contributed by atoms with Gasteiger partial charge in [0, 0.05) is 12.1 Å². The van der Waals surface area contributed by atoms with E-state index in [9.17, 15) is 4.39 Å². The van der Waals surface area contributed by atoms with Crippen molar-refractivity contribution in [3.8, 4) is 5.75 Å². The van der Waals surface area contributed by atoms with Gasteiger partial charge in [-0.15, -0.1) is 0 Å². The van der Waals surface area contributed by atoms with Crippen LogP contribution < -0.4 is 5.73 Å². The van der Waals surface area contributed by atoms with Crippen LogP contribution in [0.25, 0.3) is 11.0 Å². The van der Waals surface area contributed by atoms with Crippen molar-refractivity contribution in [1.29, 1.82) is 0 Å². The molecule has 0 spiro atoms. The summed E-state index contributed by atoms with van der Waals surface area (Å²) >= 11 is 0. The van der Waals surface area contributed by atoms with Crippen LogP contribution in [0.4, 0.5) is 10.2 Å². The summed E-state index contributed by atoms with van der Waals surface area (Å²) in [7, 11) is 0. The molecule has 0 aromatic carbocycles. The minimum atomic E-state index is -0.481. The SMILES string of the molecule is Nc1nc2cc(F)cnc2cc1O. The van der Waals surface area contributed by atoms with Gasteiger partial charge in [0.15, 0.2) is 11.6 Å². The van der Waals surface area contributed by atoms with E-state index in [1.165, 1.54) is 12.1 Å². The van der Waals surface area contributed by atoms with Gasteiger partial charge in [-0.1, -0.05) is 0 Å². The molecule has 13 heavy (non-hydrogen) atoms. The van der Waals surface area contributed by atoms with E-state index in [0.29, 0.717) is 11.0 Å². The number of aromatic hydroxyl groups is 1. The predicted octanol–water partition coefficient (Wildman–Crippen LogP) is 1.06. The average molecular weight is 179 g/mol. The molecule has 0 fully saturated rings. The van der Waals surface area contributed by atoms with Crippen LogP contribution in [0.5, 0.6) is 5.75 Å². The van der Waals surface area contributed by atoms with Crippen molar-refractivity contribution in [3.63, 3.8) is 0 Å². The number of nitrogens with two attached hydrogens (primary N) is 1. The quantitative estimate of drug-likeness (QED) is 0.634. The summed E-state index contributed by atoms with van der Waals surface area (Å²) in [6.07, 6.45) is 1.06. The molecule has 2 aromatic rings. The Bertz CT molecular complexity index is 472. The maximum absolute atomic E-state index is 12.7. The molecular formula is C8H6FN3O. The van der Waals surface area contributed by atoms with Gasteiger partial charge < -0.3 is 10.8 Å². The number of anilines is 1. The molecule has 0 amide bonds. The van der Waals surface area contributed by atoms with E-state index in [0.717, 1.165) is 6.20 Å². The zero-order valence-electron chi connectivity index (χ0n) is 6.53. The highest BCUT2D eigenvalue weighted by atomic mass is 19.1. The monoisotopic (exact) mass is 179 g/mol. The molecule has 66 valence electrons. The fourth-order valence-corrected chi connectivity index (χ4v) is 1.03. The van der Waals surface area contributed by atoms with Crippen LogP contribution in [0.2, 0.25) is 0 Å². The molecule has 0 unspecified atom stereocenters. The summed E-state index contributed by atoms with van der Waals surface area (Å²) in [6, 6.07) is 2.55. The number of hydrogen-bond acceptors (Lipinski definition) is 4. The molecule has 3 N–H and O–H groups in total. The lowest BCUT2D eigenvalue weighted by molar-refractivity contribution is 0.476. The summed E-state index contributed by atoms with van der Waals surface area (Å²) in [5.74, 6) is -0.656. The van der Waals surface area contributed by atoms with Crippen LogP contribution in [0, 0.1) is 5.82 Å². The minimum absolute atomic E-state index is 0.0279. The Labute approximate surface area is 72.9 Å². The third kappa shape index (κ3) is 1.24. The van der Waals surface area contributed by atoms with Gasteiger partial charge in [-0.2, -0.15) is 0 Å². The van der Waals surface area contributed by atoms with Crippen LogP contribution in [-0.2, 0) is 0 Å². The average Bonchev–Trinajstić information content (AvgIpc) is 2.08. The fourth-order valence-electron chi connectivity index (χ4n) is 1.03. The Morgan fingerprint density at radius 2 is 2.08 bits per heavy atom. The van der Waals surface area contributed by atoms with E-state index in [1.807, 2.05) is 0 Å². The number of hydrogen-bond donors (Lipinski definition) is 2. The molecule has 5 heteroatoms. The normalized spacial score (nSPS) is 10.5. The van der Waals surface area contributed by atoms with Gasteiger partial charge in [0.25, 0.3) is 0 Å². The molecule has 0 aliphatic carbocycles. The van der Waals surface area contributed by atoms with Crippen molar-refractivity contribution in [3.05, 3.63) is 24.1 Å². The summed E-state index contributed by atoms with van der Waals surface area (Å²) in [6.45, 7) is 0. The molecule has 0 bridgehead atoms. The smallest absolute Gasteiger partial charge is 0.166 e. The number of nitrogen functional groups attached to an aromatic ring is 1. The van der Waals surface area contributed by atoms with E-state index in [4.69, 9.17) is 10.8 Å². The van der Waals surface area contributed by atoms with Crippen molar-refractivity contribution >= 4 is 16.9 Å². The highest BCUT2D eigenvalue weighted by Crippen LogP contribution is 2.21. The van der Waals surface area contributed by atoms with Crippen LogP contribution in [0.15, 0.2) is 18.3 Å². The van der Waals surface area contributed by atoms with E-state index in [1.54, 1.807) is 0 Å². The third-order valence-corrected chi connectivity index (χ3v) is 1.64. The molecule has 2 aromatic heterocycles. The highest BCUT2D eigenvalue weighted by Gasteiger charge is 2.03. The Morgan fingerprint density at radius 3 is 2.85 bits per heavy atom. The van der Waals surface area contributed by atoms with Gasteiger partial charge in [0.2, 0.25) is 0 Å². The van der Waals surface area contributed by atoms with Crippen LogP contribution in [-0.4, -0.2) is 15.1 Å². The van der Waals surface area contributed by atoms with Crippen molar-refractivity contribution in [2.24, 2.45) is 0 Å². The van der Waals surface area contributed by atoms with Gasteiger partial charge >= 0.3 is 0 Å². The first-order chi connectivity index (χ1) is 6.16. The Balaban J connectivity index is 2.81. The Morgan fingerprint density at radius 1 is 1.31 bits per heavy atom. The third-order valence-electron chi connectivity index (χ3n) is 1.64. The van der Waals surface area contributed by atoms with Gasteiger partial charge in [-0.25, -0.2) is 9.37 Å². The second kappa shape index (κ2) is 2.55. The molecule has 4 nitrogen and oxygen atoms in total. The van der Waals surface area contributed by atoms with Crippen LogP contribution in [0.3, 0.4) is 0 Å². The number of fused-ring (bicyclic) bond motifs is 1. The van der Waals surface area contributed by atoms with Gasteiger partial charge in [-0.3, -0.25) is 4.98 Å². The standard InChI is InChI=1S/C8H6FN3O/c9-4-1-6-5(11-3-4)2-7(13)8(10)12-6/h1-3,13H,(H2,10,12). The largest absolute Gasteiger partial charge is 0.504 e. The van der Waals surface area contributed by atoms with Crippen molar-refractivity contribution in [1.82, 2.24) is 9.97 Å². The Hall–Kier alpha value is -1.91. The molecule has 0 aliphatic heterocycles. The zero-order chi connectivity index (χ0) is 9.42. The molecular weight excluding hydrogens is 173 g/mol. The first-order valence-corrected chi connectivity index (χ1v) is 3.57. The maximum atomic E-state index is 12.7. The molecule has 0 radical (unpaired) electrons. The summed E-state index contributed by atoms with van der Waals surface area (Å²) < 4.78 is 12.7. The van der Waals surface area contributed by atoms with Gasteiger partial charge in [0.1, 0.15) is 5.82 Å². The van der Waals surface area contributed by atoms with E-state index in [2.05, 4.69) is 9.97 Å². The number of rotatable bonds is 0. The van der Waals surface area contributed by atoms with Gasteiger partial charge in [-0.05, 0) is 0 Å². The summed E-state index contributed by atoms with van der Waals surface area (Å²) in [4.78, 5) is 7.49. The van der Waals surface area contributed by atoms with Gasteiger partial charge in [0.05, 0.1) is 17.2 Å². The molecule has 0 atom stereocenters. The lowest BCUT2D eigenvalue weighted by Gasteiger charge is -2.00. The van der Waals surface area contributed by atoms with Crippen LogP contribution in [0.1, 0.15) is 0 Å². The number of pyridine rings is 2. The molecule has 0 aliphatic rings. The molecule has 0 saturated heterocycles. The lowest BCUT2D eigenvalue weighted by atomic mass is 10.3. The van der Waals surface area contributed by atoms with E-state index < -0.39 is 5.82 Å². The summed E-state index contributed by atoms with van der Waals surface area (Å²) in [5, 5.41) is 9.17. The second-order valence-electron chi connectivity index (χ2n) is 2.58. The number of nitrogens with zero attached hydrogens (tertiary/aromatic N) is 2. The molecule has 2 rings (SSSR count). The maximum Gasteiger partial charge on any atom is 0.166 e. The zero-order valence-corrected chi connectivity index (χ0v) is 6.53. The van der Waals surface area contributed by atoms with Crippen molar-refractivity contribution in [2.75, 3.05) is 5.73 Å². The number of aromatic nitrogens is 2. The molecule has 2 heterocycles. The van der Waals surface area contributed by atoms with E-state index in [-0.39, 0.29) is 11.6 Å². The predicted molar refractivity (Wildman–Crippen MR) is 45.6 cm³/mol. The fraction of sp³-hybridized carbons (Fsp3) is 0. The topological polar surface area (TPSA) is 72.0 Å². The number of halogens is 1. The van der Waals surface area contributed by atoms with Crippen LogP contribution >= 0.6 is 0 Å². The minimum Gasteiger partial charge on any atom is -0.504 e. The lowest BCUT2D eigenvalue weighted by Crippen LogP contribution is -1.93. The first-order valence-electron chi connectivity index (χ1n) is 3.57. The van der Waals surface area contributed by atoms with Crippen molar-refractivity contribution in [2.45, 2.75) is 0 Å². The molecule has 0 saturated carbocycles.